The molecule has 0 atom stereocenters. The fraction of sp³-hybridized carbons (Fsp3) is 0.0455. The second kappa shape index (κ2) is 8.46. The highest BCUT2D eigenvalue weighted by molar-refractivity contribution is 5.72. The summed E-state index contributed by atoms with van der Waals surface area (Å²) in [6, 6.07) is 21.9. The van der Waals surface area contributed by atoms with Crippen molar-refractivity contribution >= 4 is 17.1 Å². The molecular formula is C22H17N5O4. The summed E-state index contributed by atoms with van der Waals surface area (Å²) >= 11 is 0. The van der Waals surface area contributed by atoms with E-state index in [4.69, 9.17) is 4.74 Å². The fourth-order valence-corrected chi connectivity index (χ4v) is 3.01. The van der Waals surface area contributed by atoms with E-state index in [1.165, 1.54) is 28.9 Å². The summed E-state index contributed by atoms with van der Waals surface area (Å²) in [6.45, 7) is 0. The summed E-state index contributed by atoms with van der Waals surface area (Å²) in [4.78, 5) is 23.6. The average molecular weight is 415 g/mol. The molecule has 0 saturated heterocycles. The summed E-state index contributed by atoms with van der Waals surface area (Å²) in [7, 11) is 1.55. The molecule has 0 bridgehead atoms. The van der Waals surface area contributed by atoms with Crippen LogP contribution in [-0.2, 0) is 0 Å². The Labute approximate surface area is 176 Å². The first-order chi connectivity index (χ1) is 15.1. The number of aromatic amines is 1. The van der Waals surface area contributed by atoms with Crippen LogP contribution in [0.3, 0.4) is 0 Å². The molecule has 1 N–H and O–H groups in total. The van der Waals surface area contributed by atoms with Crippen LogP contribution in [0.25, 0.3) is 16.9 Å². The summed E-state index contributed by atoms with van der Waals surface area (Å²) in [5.74, 6) is 0.622. The van der Waals surface area contributed by atoms with Gasteiger partial charge in [0.15, 0.2) is 5.69 Å². The van der Waals surface area contributed by atoms with Gasteiger partial charge >= 0.3 is 0 Å². The van der Waals surface area contributed by atoms with Gasteiger partial charge in [0, 0.05) is 23.8 Å². The number of hydrogen-bond acceptors (Lipinski definition) is 6. The highest BCUT2D eigenvalue weighted by Crippen LogP contribution is 2.29. The van der Waals surface area contributed by atoms with Crippen molar-refractivity contribution in [2.75, 3.05) is 7.11 Å². The van der Waals surface area contributed by atoms with Gasteiger partial charge in [-0.15, -0.1) is 5.11 Å². The molecule has 4 rings (SSSR count). The van der Waals surface area contributed by atoms with Crippen LogP contribution in [0.1, 0.15) is 0 Å². The van der Waals surface area contributed by atoms with E-state index in [0.717, 1.165) is 5.56 Å². The number of ether oxygens (including phenoxy) is 1. The maximum absolute atomic E-state index is 13.1. The minimum atomic E-state index is -0.496. The maximum Gasteiger partial charge on any atom is 0.299 e. The lowest BCUT2D eigenvalue weighted by atomic mass is 10.1. The van der Waals surface area contributed by atoms with Gasteiger partial charge < -0.3 is 4.74 Å². The second-order valence-corrected chi connectivity index (χ2v) is 6.52. The van der Waals surface area contributed by atoms with Crippen LogP contribution in [0, 0.1) is 10.1 Å². The van der Waals surface area contributed by atoms with Gasteiger partial charge in [0.2, 0.25) is 0 Å². The largest absolute Gasteiger partial charge is 0.497 e. The van der Waals surface area contributed by atoms with Crippen molar-refractivity contribution in [3.05, 3.63) is 99.3 Å². The molecule has 0 radical (unpaired) electrons. The van der Waals surface area contributed by atoms with Crippen LogP contribution in [0.2, 0.25) is 0 Å². The Balaban J connectivity index is 1.82. The first-order valence-corrected chi connectivity index (χ1v) is 9.28. The third-order valence-electron chi connectivity index (χ3n) is 4.57. The number of nitrogens with one attached hydrogen (secondary N) is 1. The van der Waals surface area contributed by atoms with E-state index in [1.54, 1.807) is 31.4 Å². The predicted octanol–water partition coefficient (Wildman–Crippen LogP) is 5.16. The second-order valence-electron chi connectivity index (χ2n) is 6.52. The number of nitrogens with zero attached hydrogens (tertiary/aromatic N) is 4. The number of aromatic nitrogens is 2. The van der Waals surface area contributed by atoms with Crippen LogP contribution >= 0.6 is 0 Å². The molecule has 0 saturated carbocycles. The average Bonchev–Trinajstić information content (AvgIpc) is 3.14. The van der Waals surface area contributed by atoms with E-state index in [0.29, 0.717) is 22.8 Å². The summed E-state index contributed by atoms with van der Waals surface area (Å²) in [5.41, 5.74) is 1.82. The van der Waals surface area contributed by atoms with Crippen LogP contribution in [0.5, 0.6) is 5.75 Å². The van der Waals surface area contributed by atoms with Crippen molar-refractivity contribution in [2.45, 2.75) is 0 Å². The van der Waals surface area contributed by atoms with Crippen molar-refractivity contribution in [3.63, 3.8) is 0 Å². The molecule has 0 unspecified atom stereocenters. The number of non-ortho nitro benzene ring substituents is 1. The van der Waals surface area contributed by atoms with Gasteiger partial charge in [-0.2, -0.15) is 5.11 Å². The lowest BCUT2D eigenvalue weighted by Gasteiger charge is -2.02. The van der Waals surface area contributed by atoms with Crippen molar-refractivity contribution < 1.29 is 9.66 Å². The topological polar surface area (TPSA) is 115 Å². The molecule has 0 amide bonds. The quantitative estimate of drug-likeness (QED) is 0.266. The van der Waals surface area contributed by atoms with E-state index in [1.807, 2.05) is 30.3 Å². The fourth-order valence-electron chi connectivity index (χ4n) is 3.01. The van der Waals surface area contributed by atoms with Gasteiger partial charge in [-0.3, -0.25) is 20.0 Å². The number of azo groups is 1. The zero-order chi connectivity index (χ0) is 21.8. The summed E-state index contributed by atoms with van der Waals surface area (Å²) in [6.07, 6.45) is 0. The summed E-state index contributed by atoms with van der Waals surface area (Å²) in [5, 5.41) is 22.4. The van der Waals surface area contributed by atoms with E-state index in [-0.39, 0.29) is 11.4 Å². The highest BCUT2D eigenvalue weighted by atomic mass is 16.6. The van der Waals surface area contributed by atoms with Crippen LogP contribution in [0.4, 0.5) is 17.1 Å². The molecule has 0 fully saturated rings. The monoisotopic (exact) mass is 415 g/mol. The number of methoxy groups -OCH3 is 1. The molecule has 9 nitrogen and oxygen atoms in total. The molecule has 9 heteroatoms. The zero-order valence-corrected chi connectivity index (χ0v) is 16.4. The van der Waals surface area contributed by atoms with Gasteiger partial charge in [-0.05, 0) is 24.3 Å². The molecule has 1 aromatic heterocycles. The van der Waals surface area contributed by atoms with Crippen molar-refractivity contribution in [1.82, 2.24) is 9.78 Å². The van der Waals surface area contributed by atoms with Crippen molar-refractivity contribution in [1.29, 1.82) is 0 Å². The molecule has 0 aliphatic heterocycles. The van der Waals surface area contributed by atoms with E-state index in [2.05, 4.69) is 15.3 Å². The van der Waals surface area contributed by atoms with Crippen LogP contribution in [-0.4, -0.2) is 21.8 Å². The minimum absolute atomic E-state index is 0.0652. The SMILES string of the molecule is COc1cccc(N=Nc2c(-c3ccccc3)[nH]n(-c3ccc([N+](=O)[O-])cc3)c2=O)c1. The van der Waals surface area contributed by atoms with Gasteiger partial charge in [0.05, 0.1) is 29.1 Å². The Morgan fingerprint density at radius 1 is 0.968 bits per heavy atom. The first-order valence-electron chi connectivity index (χ1n) is 9.28. The van der Waals surface area contributed by atoms with Crippen LogP contribution < -0.4 is 10.3 Å². The number of benzene rings is 3. The number of H-pyrrole nitrogens is 1. The number of nitro groups is 1. The number of hydrogen-bond donors (Lipinski definition) is 1. The Bertz CT molecular complexity index is 1310. The molecular weight excluding hydrogens is 398 g/mol. The van der Waals surface area contributed by atoms with Crippen molar-refractivity contribution in [2.24, 2.45) is 10.2 Å². The zero-order valence-electron chi connectivity index (χ0n) is 16.4. The Kier molecular flexibility index (Phi) is 5.39. The third-order valence-corrected chi connectivity index (χ3v) is 4.57. The van der Waals surface area contributed by atoms with Gasteiger partial charge in [0.1, 0.15) is 5.75 Å². The minimum Gasteiger partial charge on any atom is -0.497 e. The van der Waals surface area contributed by atoms with Crippen LogP contribution in [0.15, 0.2) is 93.9 Å². The molecule has 154 valence electrons. The Morgan fingerprint density at radius 2 is 1.71 bits per heavy atom. The number of rotatable bonds is 6. The Morgan fingerprint density at radius 3 is 2.39 bits per heavy atom. The van der Waals surface area contributed by atoms with E-state index >= 15 is 0 Å². The molecule has 0 spiro atoms. The van der Waals surface area contributed by atoms with E-state index < -0.39 is 10.5 Å². The predicted molar refractivity (Wildman–Crippen MR) is 116 cm³/mol. The van der Waals surface area contributed by atoms with Gasteiger partial charge in [0.25, 0.3) is 11.2 Å². The molecule has 4 aromatic rings. The Hall–Kier alpha value is -4.53. The first kappa shape index (κ1) is 19.8. The molecule has 0 aliphatic carbocycles. The summed E-state index contributed by atoms with van der Waals surface area (Å²) < 4.78 is 6.47. The third kappa shape index (κ3) is 4.10. The number of nitro benzene ring substituents is 1. The highest BCUT2D eigenvalue weighted by Gasteiger charge is 2.17. The van der Waals surface area contributed by atoms with E-state index in [9.17, 15) is 14.9 Å². The van der Waals surface area contributed by atoms with Gasteiger partial charge in [-0.25, -0.2) is 4.68 Å². The molecule has 3 aromatic carbocycles. The van der Waals surface area contributed by atoms with Gasteiger partial charge in [-0.1, -0.05) is 36.4 Å². The normalized spacial score (nSPS) is 11.0. The lowest BCUT2D eigenvalue weighted by Crippen LogP contribution is -2.13. The van der Waals surface area contributed by atoms with Crippen molar-refractivity contribution in [3.8, 4) is 22.7 Å². The molecule has 1 heterocycles. The lowest BCUT2D eigenvalue weighted by molar-refractivity contribution is -0.384. The molecule has 0 aliphatic rings. The smallest absolute Gasteiger partial charge is 0.299 e. The standard InChI is InChI=1S/C22H17N5O4/c1-31-19-9-5-8-16(14-19)23-24-21-20(15-6-3-2-4-7-15)25-26(22(21)28)17-10-12-18(13-11-17)27(29)30/h2-14,25H,1H3. The maximum atomic E-state index is 13.1. The molecule has 31 heavy (non-hydrogen) atoms.